The second-order valence-corrected chi connectivity index (χ2v) is 2.89. The number of carboxylic acid groups (broad SMARTS) is 1. The summed E-state index contributed by atoms with van der Waals surface area (Å²) in [5, 5.41) is 15.4. The Morgan fingerprint density at radius 1 is 1.33 bits per heavy atom. The maximum absolute atomic E-state index is 11.0. The van der Waals surface area contributed by atoms with Crippen molar-refractivity contribution in [2.75, 3.05) is 13.6 Å². The molecule has 7 heteroatoms. The number of rotatable bonds is 5. The zero-order chi connectivity index (χ0) is 11.8. The smallest absolute Gasteiger partial charge is 0.321 e. The van der Waals surface area contributed by atoms with E-state index < -0.39 is 23.9 Å². The molecule has 0 saturated carbocycles. The lowest BCUT2D eigenvalue weighted by Crippen LogP contribution is -2.40. The van der Waals surface area contributed by atoms with Crippen LogP contribution in [0.2, 0.25) is 0 Å². The normalized spacial score (nSPS) is 11.6. The third-order valence-electron chi connectivity index (χ3n) is 1.65. The first kappa shape index (κ1) is 13.4. The summed E-state index contributed by atoms with van der Waals surface area (Å²) in [6.45, 7) is 1.68. The van der Waals surface area contributed by atoms with Crippen LogP contribution in [-0.2, 0) is 9.59 Å². The zero-order valence-electron chi connectivity index (χ0n) is 8.66. The van der Waals surface area contributed by atoms with Crippen LogP contribution in [0.4, 0.5) is 4.79 Å². The van der Waals surface area contributed by atoms with E-state index in [4.69, 9.17) is 5.11 Å². The fourth-order valence-corrected chi connectivity index (χ4v) is 0.741. The van der Waals surface area contributed by atoms with Crippen LogP contribution in [0.1, 0.15) is 13.3 Å². The molecule has 0 aromatic carbocycles. The molecule has 0 aliphatic heterocycles. The van der Waals surface area contributed by atoms with Crippen molar-refractivity contribution in [2.24, 2.45) is 0 Å². The van der Waals surface area contributed by atoms with Crippen LogP contribution in [0.3, 0.4) is 0 Å². The third kappa shape index (κ3) is 6.44. The van der Waals surface area contributed by atoms with Crippen molar-refractivity contribution in [3.05, 3.63) is 0 Å². The van der Waals surface area contributed by atoms with Crippen molar-refractivity contribution < 1.29 is 19.5 Å². The minimum Gasteiger partial charge on any atom is -0.480 e. The van der Waals surface area contributed by atoms with Gasteiger partial charge in [0.05, 0.1) is 0 Å². The molecule has 15 heavy (non-hydrogen) atoms. The van der Waals surface area contributed by atoms with Gasteiger partial charge in [0.1, 0.15) is 6.04 Å². The molecule has 3 amide bonds. The van der Waals surface area contributed by atoms with Gasteiger partial charge in [0, 0.05) is 20.0 Å². The van der Waals surface area contributed by atoms with E-state index in [1.165, 1.54) is 14.0 Å². The van der Waals surface area contributed by atoms with Crippen molar-refractivity contribution >= 4 is 17.9 Å². The Labute approximate surface area is 87.2 Å². The number of hydrogen-bond donors (Lipinski definition) is 4. The van der Waals surface area contributed by atoms with Crippen molar-refractivity contribution in [3.63, 3.8) is 0 Å². The van der Waals surface area contributed by atoms with E-state index in [1.807, 2.05) is 0 Å². The first-order valence-electron chi connectivity index (χ1n) is 4.45. The van der Waals surface area contributed by atoms with E-state index in [0.29, 0.717) is 0 Å². The maximum Gasteiger partial charge on any atom is 0.321 e. The highest BCUT2D eigenvalue weighted by molar-refractivity contribution is 5.94. The Bertz CT molecular complexity index is 254. The van der Waals surface area contributed by atoms with Crippen LogP contribution in [-0.4, -0.2) is 42.6 Å². The van der Waals surface area contributed by atoms with Crippen LogP contribution in [0.5, 0.6) is 0 Å². The molecular formula is C8H15N3O4. The van der Waals surface area contributed by atoms with E-state index in [-0.39, 0.29) is 13.0 Å². The van der Waals surface area contributed by atoms with E-state index >= 15 is 0 Å². The summed E-state index contributed by atoms with van der Waals surface area (Å²) in [5.74, 6) is -1.44. The molecule has 0 radical (unpaired) electrons. The van der Waals surface area contributed by atoms with E-state index in [9.17, 15) is 14.4 Å². The van der Waals surface area contributed by atoms with Crippen LogP contribution < -0.4 is 16.0 Å². The van der Waals surface area contributed by atoms with Crippen LogP contribution >= 0.6 is 0 Å². The number of amides is 3. The lowest BCUT2D eigenvalue weighted by Gasteiger charge is -2.08. The number of aliphatic carboxylic acids is 1. The van der Waals surface area contributed by atoms with E-state index in [1.54, 1.807) is 0 Å². The second-order valence-electron chi connectivity index (χ2n) is 2.89. The summed E-state index contributed by atoms with van der Waals surface area (Å²) in [6, 6.07) is -1.29. The lowest BCUT2D eigenvalue weighted by atomic mass is 10.3. The largest absolute Gasteiger partial charge is 0.480 e. The van der Waals surface area contributed by atoms with Gasteiger partial charge in [0.15, 0.2) is 0 Å². The fraction of sp³-hybridized carbons (Fsp3) is 0.625. The summed E-state index contributed by atoms with van der Waals surface area (Å²) < 4.78 is 0. The molecule has 0 heterocycles. The van der Waals surface area contributed by atoms with Gasteiger partial charge >= 0.3 is 12.0 Å². The average Bonchev–Trinajstić information content (AvgIpc) is 2.17. The van der Waals surface area contributed by atoms with Gasteiger partial charge in [-0.1, -0.05) is 0 Å². The van der Waals surface area contributed by atoms with Crippen LogP contribution in [0.15, 0.2) is 0 Å². The van der Waals surface area contributed by atoms with E-state index in [2.05, 4.69) is 16.0 Å². The van der Waals surface area contributed by atoms with Gasteiger partial charge < -0.3 is 15.7 Å². The maximum atomic E-state index is 11.0. The predicted octanol–water partition coefficient (Wildman–Crippen LogP) is -1.11. The number of urea groups is 1. The Morgan fingerprint density at radius 2 is 1.93 bits per heavy atom. The molecule has 4 N–H and O–H groups in total. The predicted molar refractivity (Wildman–Crippen MR) is 52.3 cm³/mol. The summed E-state index contributed by atoms with van der Waals surface area (Å²) in [4.78, 5) is 32.0. The second kappa shape index (κ2) is 6.77. The molecule has 0 rings (SSSR count). The number of imide groups is 1. The van der Waals surface area contributed by atoms with Crippen molar-refractivity contribution in [1.82, 2.24) is 16.0 Å². The quantitative estimate of drug-likeness (QED) is 0.467. The molecule has 1 atom stereocenters. The molecule has 7 nitrogen and oxygen atoms in total. The first-order valence-corrected chi connectivity index (χ1v) is 4.45. The SMILES string of the molecule is CNC(=O)NC(=O)CCN[C@H](C)C(=O)O. The highest BCUT2D eigenvalue weighted by atomic mass is 16.4. The Morgan fingerprint density at radius 3 is 2.40 bits per heavy atom. The van der Waals surface area contributed by atoms with Gasteiger partial charge in [0.25, 0.3) is 0 Å². The fourth-order valence-electron chi connectivity index (χ4n) is 0.741. The highest BCUT2D eigenvalue weighted by Gasteiger charge is 2.10. The minimum absolute atomic E-state index is 0.0467. The van der Waals surface area contributed by atoms with Gasteiger partial charge in [-0.05, 0) is 6.92 Å². The van der Waals surface area contributed by atoms with Crippen molar-refractivity contribution in [2.45, 2.75) is 19.4 Å². The standard InChI is InChI=1S/C8H15N3O4/c1-5(7(13)14)10-4-3-6(12)11-8(15)9-2/h5,10H,3-4H2,1-2H3,(H,13,14)(H2,9,11,12,15)/t5-/m1/s1. The molecule has 0 fully saturated rings. The Kier molecular flexibility index (Phi) is 6.03. The molecule has 0 aromatic heterocycles. The third-order valence-corrected chi connectivity index (χ3v) is 1.65. The molecule has 0 saturated heterocycles. The highest BCUT2D eigenvalue weighted by Crippen LogP contribution is 1.83. The Hall–Kier alpha value is -1.63. The van der Waals surface area contributed by atoms with Crippen molar-refractivity contribution in [3.8, 4) is 0 Å². The molecule has 0 spiro atoms. The summed E-state index contributed by atoms with van der Waals surface area (Å²) in [6.07, 6.45) is 0.0467. The molecule has 86 valence electrons. The summed E-state index contributed by atoms with van der Waals surface area (Å²) in [5.41, 5.74) is 0. The van der Waals surface area contributed by atoms with Crippen LogP contribution in [0, 0.1) is 0 Å². The molecule has 0 aromatic rings. The topological polar surface area (TPSA) is 108 Å². The summed E-state index contributed by atoms with van der Waals surface area (Å²) >= 11 is 0. The molecular weight excluding hydrogens is 202 g/mol. The van der Waals surface area contributed by atoms with Gasteiger partial charge in [-0.2, -0.15) is 0 Å². The van der Waals surface area contributed by atoms with Gasteiger partial charge in [-0.3, -0.25) is 14.9 Å². The summed E-state index contributed by atoms with van der Waals surface area (Å²) in [7, 11) is 1.40. The number of carboxylic acids is 1. The van der Waals surface area contributed by atoms with Gasteiger partial charge in [-0.15, -0.1) is 0 Å². The minimum atomic E-state index is -0.985. The molecule has 0 bridgehead atoms. The Balaban J connectivity index is 3.64. The number of carbonyl (C=O) groups is 3. The number of nitrogens with one attached hydrogen (secondary N) is 3. The average molecular weight is 217 g/mol. The monoisotopic (exact) mass is 217 g/mol. The van der Waals surface area contributed by atoms with E-state index in [0.717, 1.165) is 0 Å². The zero-order valence-corrected chi connectivity index (χ0v) is 8.66. The van der Waals surface area contributed by atoms with Crippen LogP contribution in [0.25, 0.3) is 0 Å². The lowest BCUT2D eigenvalue weighted by molar-refractivity contribution is -0.139. The first-order chi connectivity index (χ1) is 6.97. The molecule has 0 aliphatic rings. The van der Waals surface area contributed by atoms with Gasteiger partial charge in [-0.25, -0.2) is 4.79 Å². The number of hydrogen-bond acceptors (Lipinski definition) is 4. The number of carbonyl (C=O) groups excluding carboxylic acids is 2. The van der Waals surface area contributed by atoms with Crippen molar-refractivity contribution in [1.29, 1.82) is 0 Å². The molecule has 0 unspecified atom stereocenters. The molecule has 0 aliphatic carbocycles. The van der Waals surface area contributed by atoms with Gasteiger partial charge in [0.2, 0.25) is 5.91 Å².